The van der Waals surface area contributed by atoms with E-state index in [9.17, 15) is 9.59 Å². The van der Waals surface area contributed by atoms with E-state index in [1.807, 2.05) is 16.7 Å². The Morgan fingerprint density at radius 2 is 1.77 bits per heavy atom. The summed E-state index contributed by atoms with van der Waals surface area (Å²) in [6.45, 7) is 8.90. The summed E-state index contributed by atoms with van der Waals surface area (Å²) in [5.41, 5.74) is 2.46. The summed E-state index contributed by atoms with van der Waals surface area (Å²) in [7, 11) is 3.18. The van der Waals surface area contributed by atoms with E-state index in [1.165, 1.54) is 11.6 Å². The molecule has 8 nitrogen and oxygen atoms in total. The summed E-state index contributed by atoms with van der Waals surface area (Å²) < 4.78 is 10.4. The Bertz CT molecular complexity index is 1200. The molecule has 0 saturated carbocycles. The van der Waals surface area contributed by atoms with Gasteiger partial charge in [-0.15, -0.1) is 0 Å². The third-order valence-corrected chi connectivity index (χ3v) is 5.71. The Morgan fingerprint density at radius 3 is 2.43 bits per heavy atom. The number of nitrogens with zero attached hydrogens (tertiary/aromatic N) is 5. The molecule has 0 unspecified atom stereocenters. The van der Waals surface area contributed by atoms with Gasteiger partial charge in [-0.3, -0.25) is 18.8 Å². The van der Waals surface area contributed by atoms with Crippen molar-refractivity contribution in [2.24, 2.45) is 14.1 Å². The van der Waals surface area contributed by atoms with Crippen LogP contribution in [0.2, 0.25) is 0 Å². The van der Waals surface area contributed by atoms with Crippen molar-refractivity contribution in [1.29, 1.82) is 0 Å². The summed E-state index contributed by atoms with van der Waals surface area (Å²) in [6.07, 6.45) is 0.279. The average molecular weight is 412 g/mol. The van der Waals surface area contributed by atoms with Crippen molar-refractivity contribution in [2.45, 2.75) is 46.1 Å². The molecule has 160 valence electrons. The minimum absolute atomic E-state index is 0.139. The lowest BCUT2D eigenvalue weighted by molar-refractivity contribution is -0.0712. The van der Waals surface area contributed by atoms with Crippen LogP contribution in [-0.2, 0) is 31.9 Å². The molecule has 8 heteroatoms. The Kier molecular flexibility index (Phi) is 5.38. The van der Waals surface area contributed by atoms with E-state index in [4.69, 9.17) is 9.72 Å². The third-order valence-electron chi connectivity index (χ3n) is 5.71. The molecule has 2 atom stereocenters. The molecule has 2 aromatic heterocycles. The molecule has 0 bridgehead atoms. The van der Waals surface area contributed by atoms with Gasteiger partial charge < -0.3 is 9.30 Å². The van der Waals surface area contributed by atoms with Crippen molar-refractivity contribution in [2.75, 3.05) is 13.1 Å². The third kappa shape index (κ3) is 3.73. The summed E-state index contributed by atoms with van der Waals surface area (Å²) in [6, 6.07) is 8.23. The minimum Gasteiger partial charge on any atom is -0.373 e. The highest BCUT2D eigenvalue weighted by Crippen LogP contribution is 2.19. The topological polar surface area (TPSA) is 74.3 Å². The minimum atomic E-state index is -0.368. The van der Waals surface area contributed by atoms with E-state index in [0.717, 1.165) is 34.6 Å². The molecule has 1 fully saturated rings. The molecule has 3 heterocycles. The molecule has 3 aromatic rings. The number of ether oxygens (including phenoxy) is 1. The monoisotopic (exact) mass is 411 g/mol. The first-order valence-electron chi connectivity index (χ1n) is 10.3. The van der Waals surface area contributed by atoms with Gasteiger partial charge in [0.05, 0.1) is 18.8 Å². The molecule has 1 aromatic carbocycles. The highest BCUT2D eigenvalue weighted by Gasteiger charge is 2.25. The van der Waals surface area contributed by atoms with Gasteiger partial charge in [0.2, 0.25) is 0 Å². The first kappa shape index (κ1) is 20.6. The molecule has 1 aliphatic heterocycles. The predicted octanol–water partition coefficient (Wildman–Crippen LogP) is 1.40. The fourth-order valence-electron chi connectivity index (χ4n) is 4.39. The first-order valence-corrected chi connectivity index (χ1v) is 10.3. The molecule has 0 N–H and O–H groups in total. The largest absolute Gasteiger partial charge is 0.373 e. The van der Waals surface area contributed by atoms with E-state index in [1.54, 1.807) is 7.05 Å². The lowest BCUT2D eigenvalue weighted by atomic mass is 10.1. The number of hydrogen-bond acceptors (Lipinski definition) is 5. The van der Waals surface area contributed by atoms with Crippen LogP contribution in [0.15, 0.2) is 33.9 Å². The molecule has 0 aliphatic carbocycles. The fourth-order valence-corrected chi connectivity index (χ4v) is 4.39. The molecule has 1 saturated heterocycles. The van der Waals surface area contributed by atoms with Crippen LogP contribution in [0.1, 0.15) is 30.8 Å². The van der Waals surface area contributed by atoms with E-state index in [2.05, 4.69) is 37.8 Å². The zero-order valence-corrected chi connectivity index (χ0v) is 18.3. The molecule has 0 spiro atoms. The normalized spacial score (nSPS) is 20.2. The van der Waals surface area contributed by atoms with Crippen molar-refractivity contribution >= 4 is 11.2 Å². The van der Waals surface area contributed by atoms with Gasteiger partial charge in [0.25, 0.3) is 5.56 Å². The maximum absolute atomic E-state index is 13.0. The van der Waals surface area contributed by atoms with Gasteiger partial charge in [0, 0.05) is 33.7 Å². The molecular weight excluding hydrogens is 382 g/mol. The maximum atomic E-state index is 13.0. The molecule has 1 aliphatic rings. The zero-order chi connectivity index (χ0) is 21.6. The number of imidazole rings is 1. The Hall–Kier alpha value is -2.71. The summed E-state index contributed by atoms with van der Waals surface area (Å²) in [5, 5.41) is 0. The quantitative estimate of drug-likeness (QED) is 0.649. The van der Waals surface area contributed by atoms with Gasteiger partial charge in [-0.1, -0.05) is 29.8 Å². The number of aryl methyl sites for hydroxylation is 2. The molecular formula is C22H29N5O3. The van der Waals surface area contributed by atoms with E-state index in [0.29, 0.717) is 24.3 Å². The SMILES string of the molecule is Cc1cccc(Cn2c(CN3C[C@@H](C)O[C@H](C)C3)nc3c2c(=O)n(C)c(=O)n3C)c1. The van der Waals surface area contributed by atoms with Gasteiger partial charge in [-0.25, -0.2) is 9.78 Å². The van der Waals surface area contributed by atoms with Crippen LogP contribution in [0.3, 0.4) is 0 Å². The van der Waals surface area contributed by atoms with E-state index in [-0.39, 0.29) is 23.5 Å². The van der Waals surface area contributed by atoms with Crippen LogP contribution in [0.5, 0.6) is 0 Å². The van der Waals surface area contributed by atoms with Crippen molar-refractivity contribution in [3.8, 4) is 0 Å². The lowest BCUT2D eigenvalue weighted by Crippen LogP contribution is -2.45. The van der Waals surface area contributed by atoms with Gasteiger partial charge in [0.15, 0.2) is 11.2 Å². The van der Waals surface area contributed by atoms with Gasteiger partial charge >= 0.3 is 5.69 Å². The van der Waals surface area contributed by atoms with Gasteiger partial charge in [-0.05, 0) is 26.3 Å². The number of fused-ring (bicyclic) bond motifs is 1. The summed E-state index contributed by atoms with van der Waals surface area (Å²) in [4.78, 5) is 32.6. The summed E-state index contributed by atoms with van der Waals surface area (Å²) >= 11 is 0. The zero-order valence-electron chi connectivity index (χ0n) is 18.3. The van der Waals surface area contributed by atoms with E-state index < -0.39 is 0 Å². The lowest BCUT2D eigenvalue weighted by Gasteiger charge is -2.35. The van der Waals surface area contributed by atoms with Crippen molar-refractivity contribution in [3.05, 3.63) is 62.1 Å². The highest BCUT2D eigenvalue weighted by molar-refractivity contribution is 5.71. The van der Waals surface area contributed by atoms with Crippen molar-refractivity contribution < 1.29 is 4.74 Å². The highest BCUT2D eigenvalue weighted by atomic mass is 16.5. The van der Waals surface area contributed by atoms with E-state index >= 15 is 0 Å². The number of hydrogen-bond donors (Lipinski definition) is 0. The Labute approximate surface area is 175 Å². The van der Waals surface area contributed by atoms with Crippen LogP contribution < -0.4 is 11.2 Å². The smallest absolute Gasteiger partial charge is 0.332 e. The fraction of sp³-hybridized carbons (Fsp3) is 0.500. The average Bonchev–Trinajstić information content (AvgIpc) is 3.02. The van der Waals surface area contributed by atoms with Crippen LogP contribution in [0, 0.1) is 6.92 Å². The first-order chi connectivity index (χ1) is 14.2. The molecule has 4 rings (SSSR count). The second kappa shape index (κ2) is 7.85. The summed E-state index contributed by atoms with van der Waals surface area (Å²) in [5.74, 6) is 0.783. The van der Waals surface area contributed by atoms with Crippen molar-refractivity contribution in [1.82, 2.24) is 23.6 Å². The number of aromatic nitrogens is 4. The second-order valence-electron chi connectivity index (χ2n) is 8.43. The second-order valence-corrected chi connectivity index (χ2v) is 8.43. The van der Waals surface area contributed by atoms with Crippen LogP contribution in [0.25, 0.3) is 11.2 Å². The van der Waals surface area contributed by atoms with Crippen LogP contribution in [0.4, 0.5) is 0 Å². The molecule has 30 heavy (non-hydrogen) atoms. The molecule has 0 radical (unpaired) electrons. The number of benzene rings is 1. The Balaban J connectivity index is 1.86. The standard InChI is InChI=1S/C22H29N5O3/c1-14-7-6-8-17(9-14)12-27-18(13-26-10-15(2)30-16(3)11-26)23-20-19(27)21(28)25(5)22(29)24(20)4/h6-9,15-16H,10-13H2,1-5H3/t15-,16-/m1/s1. The van der Waals surface area contributed by atoms with Gasteiger partial charge in [0.1, 0.15) is 5.82 Å². The Morgan fingerprint density at radius 1 is 1.07 bits per heavy atom. The maximum Gasteiger partial charge on any atom is 0.332 e. The predicted molar refractivity (Wildman–Crippen MR) is 116 cm³/mol. The number of morpholine rings is 1. The van der Waals surface area contributed by atoms with Crippen LogP contribution in [-0.4, -0.2) is 48.9 Å². The van der Waals surface area contributed by atoms with Crippen LogP contribution >= 0.6 is 0 Å². The van der Waals surface area contributed by atoms with Crippen molar-refractivity contribution in [3.63, 3.8) is 0 Å². The number of rotatable bonds is 4. The molecule has 0 amide bonds. The van der Waals surface area contributed by atoms with Gasteiger partial charge in [-0.2, -0.15) is 0 Å².